The predicted molar refractivity (Wildman–Crippen MR) is 70.0 cm³/mol. The molecule has 1 saturated heterocycles. The van der Waals surface area contributed by atoms with E-state index in [0.717, 1.165) is 12.8 Å². The van der Waals surface area contributed by atoms with Gasteiger partial charge < -0.3 is 14.8 Å². The molecule has 5 heteroatoms. The highest BCUT2D eigenvalue weighted by Gasteiger charge is 2.23. The molecule has 0 radical (unpaired) electrons. The number of methoxy groups -OCH3 is 1. The first-order valence-electron chi connectivity index (χ1n) is 6.28. The van der Waals surface area contributed by atoms with Crippen LogP contribution in [0.3, 0.4) is 0 Å². The molecule has 1 unspecified atom stereocenters. The molecular formula is C14H17NO4. The molecule has 1 aliphatic heterocycles. The fourth-order valence-corrected chi connectivity index (χ4v) is 2.06. The molecule has 102 valence electrons. The summed E-state index contributed by atoms with van der Waals surface area (Å²) in [7, 11) is 1.32. The van der Waals surface area contributed by atoms with Gasteiger partial charge in [0, 0.05) is 6.61 Å². The molecule has 0 saturated carbocycles. The van der Waals surface area contributed by atoms with Crippen molar-refractivity contribution in [1.82, 2.24) is 0 Å². The molecule has 0 spiro atoms. The van der Waals surface area contributed by atoms with Gasteiger partial charge in [0.05, 0.1) is 30.9 Å². The Bertz CT molecular complexity index is 466. The second-order valence-corrected chi connectivity index (χ2v) is 4.44. The number of ether oxygens (including phenoxy) is 2. The lowest BCUT2D eigenvalue weighted by Gasteiger charge is -2.21. The van der Waals surface area contributed by atoms with Gasteiger partial charge >= 0.3 is 5.97 Å². The number of hydrogen-bond acceptors (Lipinski definition) is 4. The van der Waals surface area contributed by atoms with E-state index in [1.165, 1.54) is 7.11 Å². The Hall–Kier alpha value is -1.88. The monoisotopic (exact) mass is 263 g/mol. The van der Waals surface area contributed by atoms with Crippen molar-refractivity contribution >= 4 is 17.6 Å². The van der Waals surface area contributed by atoms with Gasteiger partial charge in [-0.15, -0.1) is 0 Å². The van der Waals surface area contributed by atoms with Crippen LogP contribution in [-0.4, -0.2) is 32.2 Å². The Labute approximate surface area is 111 Å². The normalized spacial score (nSPS) is 18.7. The first-order valence-corrected chi connectivity index (χ1v) is 6.28. The molecule has 1 aromatic rings. The second kappa shape index (κ2) is 6.33. The maximum atomic E-state index is 12.1. The average Bonchev–Trinajstić information content (AvgIpc) is 2.48. The zero-order chi connectivity index (χ0) is 13.7. The van der Waals surface area contributed by atoms with Crippen LogP contribution in [-0.2, 0) is 14.3 Å². The van der Waals surface area contributed by atoms with Crippen LogP contribution in [0.1, 0.15) is 23.2 Å². The highest BCUT2D eigenvalue weighted by atomic mass is 16.5. The van der Waals surface area contributed by atoms with E-state index in [-0.39, 0.29) is 11.8 Å². The van der Waals surface area contributed by atoms with Crippen molar-refractivity contribution in [2.45, 2.75) is 12.8 Å². The van der Waals surface area contributed by atoms with Crippen LogP contribution in [0.25, 0.3) is 0 Å². The smallest absolute Gasteiger partial charge is 0.339 e. The molecule has 1 aromatic carbocycles. The van der Waals surface area contributed by atoms with Crippen molar-refractivity contribution < 1.29 is 19.1 Å². The minimum atomic E-state index is -0.462. The molecule has 1 heterocycles. The van der Waals surface area contributed by atoms with Gasteiger partial charge in [0.15, 0.2) is 0 Å². The van der Waals surface area contributed by atoms with Gasteiger partial charge in [-0.05, 0) is 25.0 Å². The molecule has 5 nitrogen and oxygen atoms in total. The number of anilines is 1. The van der Waals surface area contributed by atoms with Crippen molar-refractivity contribution in [3.63, 3.8) is 0 Å². The number of rotatable bonds is 3. The molecule has 2 rings (SSSR count). The maximum absolute atomic E-state index is 12.1. The van der Waals surface area contributed by atoms with E-state index in [1.54, 1.807) is 24.3 Å². The Morgan fingerprint density at radius 2 is 2.16 bits per heavy atom. The standard InChI is InChI=1S/C14H17NO4/c1-18-14(17)11-6-2-3-7-12(11)15-13(16)10-5-4-8-19-9-10/h2-3,6-7,10H,4-5,8-9H2,1H3,(H,15,16). The SMILES string of the molecule is COC(=O)c1ccccc1NC(=O)C1CCCOC1. The van der Waals surface area contributed by atoms with Gasteiger partial charge in [0.2, 0.25) is 5.91 Å². The fraction of sp³-hybridized carbons (Fsp3) is 0.429. The van der Waals surface area contributed by atoms with Crippen molar-refractivity contribution in [2.75, 3.05) is 25.6 Å². The third-order valence-corrected chi connectivity index (χ3v) is 3.12. The Morgan fingerprint density at radius 1 is 1.37 bits per heavy atom. The van der Waals surface area contributed by atoms with Crippen LogP contribution in [0.4, 0.5) is 5.69 Å². The molecule has 1 N–H and O–H groups in total. The zero-order valence-electron chi connectivity index (χ0n) is 10.8. The van der Waals surface area contributed by atoms with E-state index in [1.807, 2.05) is 0 Å². The van der Waals surface area contributed by atoms with Crippen molar-refractivity contribution in [3.8, 4) is 0 Å². The molecule has 1 aliphatic rings. The number of carbonyl (C=O) groups is 2. The molecule has 1 atom stereocenters. The largest absolute Gasteiger partial charge is 0.465 e. The third-order valence-electron chi connectivity index (χ3n) is 3.12. The lowest BCUT2D eigenvalue weighted by atomic mass is 10.0. The maximum Gasteiger partial charge on any atom is 0.339 e. The first kappa shape index (κ1) is 13.5. The number of nitrogens with one attached hydrogen (secondary N) is 1. The summed E-state index contributed by atoms with van der Waals surface area (Å²) in [5, 5.41) is 2.78. The van der Waals surface area contributed by atoms with Gasteiger partial charge in [0.1, 0.15) is 0 Å². The minimum Gasteiger partial charge on any atom is -0.465 e. The van der Waals surface area contributed by atoms with E-state index in [0.29, 0.717) is 24.5 Å². The van der Waals surface area contributed by atoms with Crippen LogP contribution in [0, 0.1) is 5.92 Å². The lowest BCUT2D eigenvalue weighted by molar-refractivity contribution is -0.123. The summed E-state index contributed by atoms with van der Waals surface area (Å²) < 4.78 is 9.98. The molecule has 0 aromatic heterocycles. The van der Waals surface area contributed by atoms with Crippen molar-refractivity contribution in [1.29, 1.82) is 0 Å². The number of amides is 1. The number of esters is 1. The van der Waals surface area contributed by atoms with Gasteiger partial charge in [-0.2, -0.15) is 0 Å². The Morgan fingerprint density at radius 3 is 2.84 bits per heavy atom. The van der Waals surface area contributed by atoms with Gasteiger partial charge in [-0.1, -0.05) is 12.1 Å². The number of benzene rings is 1. The van der Waals surface area contributed by atoms with Crippen molar-refractivity contribution in [2.24, 2.45) is 5.92 Å². The summed E-state index contributed by atoms with van der Waals surface area (Å²) in [5.41, 5.74) is 0.833. The summed E-state index contributed by atoms with van der Waals surface area (Å²) >= 11 is 0. The van der Waals surface area contributed by atoms with E-state index < -0.39 is 5.97 Å². The summed E-state index contributed by atoms with van der Waals surface area (Å²) in [4.78, 5) is 23.7. The lowest BCUT2D eigenvalue weighted by Crippen LogP contribution is -2.30. The topological polar surface area (TPSA) is 64.6 Å². The first-order chi connectivity index (χ1) is 9.22. The Kier molecular flexibility index (Phi) is 4.52. The van der Waals surface area contributed by atoms with E-state index >= 15 is 0 Å². The number of hydrogen-bond donors (Lipinski definition) is 1. The van der Waals surface area contributed by atoms with Crippen LogP contribution >= 0.6 is 0 Å². The van der Waals surface area contributed by atoms with E-state index in [2.05, 4.69) is 10.1 Å². The highest BCUT2D eigenvalue weighted by molar-refractivity contribution is 6.01. The highest BCUT2D eigenvalue weighted by Crippen LogP contribution is 2.20. The van der Waals surface area contributed by atoms with Gasteiger partial charge in [-0.3, -0.25) is 4.79 Å². The summed E-state index contributed by atoms with van der Waals surface area (Å²) in [5.74, 6) is -0.730. The van der Waals surface area contributed by atoms with Crippen LogP contribution in [0.5, 0.6) is 0 Å². The zero-order valence-corrected chi connectivity index (χ0v) is 10.8. The van der Waals surface area contributed by atoms with Crippen LogP contribution in [0.2, 0.25) is 0 Å². The molecular weight excluding hydrogens is 246 g/mol. The third kappa shape index (κ3) is 3.32. The second-order valence-electron chi connectivity index (χ2n) is 4.44. The average molecular weight is 263 g/mol. The van der Waals surface area contributed by atoms with E-state index in [4.69, 9.17) is 4.74 Å². The molecule has 0 bridgehead atoms. The number of para-hydroxylation sites is 1. The summed E-state index contributed by atoms with van der Waals surface area (Å²) in [6.45, 7) is 1.15. The van der Waals surface area contributed by atoms with Gasteiger partial charge in [0.25, 0.3) is 0 Å². The van der Waals surface area contributed by atoms with Crippen LogP contribution < -0.4 is 5.32 Å². The molecule has 1 amide bonds. The minimum absolute atomic E-state index is 0.115. The van der Waals surface area contributed by atoms with Gasteiger partial charge in [-0.25, -0.2) is 4.79 Å². The predicted octanol–water partition coefficient (Wildman–Crippen LogP) is 1.84. The molecule has 1 fully saturated rings. The fourth-order valence-electron chi connectivity index (χ4n) is 2.06. The Balaban J connectivity index is 2.09. The molecule has 19 heavy (non-hydrogen) atoms. The van der Waals surface area contributed by atoms with Crippen molar-refractivity contribution in [3.05, 3.63) is 29.8 Å². The summed E-state index contributed by atoms with van der Waals surface area (Å²) in [6.07, 6.45) is 1.70. The summed E-state index contributed by atoms with van der Waals surface area (Å²) in [6, 6.07) is 6.80. The quantitative estimate of drug-likeness (QED) is 0.845. The van der Waals surface area contributed by atoms with Crippen LogP contribution in [0.15, 0.2) is 24.3 Å². The molecule has 0 aliphatic carbocycles. The number of carbonyl (C=O) groups excluding carboxylic acids is 2. The van der Waals surface area contributed by atoms with E-state index in [9.17, 15) is 9.59 Å².